The lowest BCUT2D eigenvalue weighted by Gasteiger charge is -2.10. The minimum absolute atomic E-state index is 0.00311. The molecule has 21 heavy (non-hydrogen) atoms. The zero-order chi connectivity index (χ0) is 15.9. The van der Waals surface area contributed by atoms with Crippen LogP contribution in [0.2, 0.25) is 0 Å². The second-order valence-electron chi connectivity index (χ2n) is 4.11. The third-order valence-electron chi connectivity index (χ3n) is 2.35. The van der Waals surface area contributed by atoms with Crippen molar-refractivity contribution in [2.75, 3.05) is 26.9 Å². The van der Waals surface area contributed by atoms with Crippen LogP contribution in [0.1, 0.15) is 5.56 Å². The van der Waals surface area contributed by atoms with Crippen molar-refractivity contribution < 1.29 is 27.6 Å². The molecular weight excluding hydrogens is 293 g/mol. The molecule has 1 aromatic rings. The number of benzene rings is 1. The topological polar surface area (TPSA) is 73.6 Å². The van der Waals surface area contributed by atoms with Crippen molar-refractivity contribution in [2.24, 2.45) is 0 Å². The lowest BCUT2D eigenvalue weighted by atomic mass is 10.2. The second-order valence-corrected chi connectivity index (χ2v) is 4.11. The maximum Gasteiger partial charge on any atom is 0.411 e. The van der Waals surface area contributed by atoms with E-state index in [4.69, 9.17) is 4.74 Å². The van der Waals surface area contributed by atoms with Gasteiger partial charge in [0.1, 0.15) is 13.2 Å². The number of hydrogen-bond acceptors (Lipinski definition) is 5. The highest BCUT2D eigenvalue weighted by Crippen LogP contribution is 2.28. The lowest BCUT2D eigenvalue weighted by molar-refractivity contribution is -0.385. The van der Waals surface area contributed by atoms with Gasteiger partial charge in [-0.2, -0.15) is 13.2 Å². The van der Waals surface area contributed by atoms with Crippen LogP contribution in [0.25, 0.3) is 0 Å². The number of nitro groups is 1. The summed E-state index contributed by atoms with van der Waals surface area (Å²) in [7, 11) is 1.72. The van der Waals surface area contributed by atoms with Crippen LogP contribution < -0.4 is 10.1 Å². The molecule has 1 rings (SSSR count). The molecule has 0 atom stereocenters. The zero-order valence-electron chi connectivity index (χ0n) is 11.3. The van der Waals surface area contributed by atoms with E-state index in [0.29, 0.717) is 6.54 Å². The van der Waals surface area contributed by atoms with Gasteiger partial charge in [0.05, 0.1) is 11.5 Å². The number of nitrogens with one attached hydrogen (secondary N) is 1. The van der Waals surface area contributed by atoms with Gasteiger partial charge in [0, 0.05) is 12.6 Å². The largest absolute Gasteiger partial charge is 0.484 e. The minimum Gasteiger partial charge on any atom is -0.484 e. The average molecular weight is 308 g/mol. The number of hydrogen-bond donors (Lipinski definition) is 1. The van der Waals surface area contributed by atoms with E-state index in [1.54, 1.807) is 13.1 Å². The quantitative estimate of drug-likeness (QED) is 0.453. The molecule has 0 aliphatic heterocycles. The Hall–Kier alpha value is -1.87. The van der Waals surface area contributed by atoms with Gasteiger partial charge in [-0.3, -0.25) is 10.1 Å². The van der Waals surface area contributed by atoms with Gasteiger partial charge in [0.15, 0.2) is 5.75 Å². The molecule has 0 heterocycles. The Balaban J connectivity index is 2.59. The van der Waals surface area contributed by atoms with Crippen LogP contribution in [-0.2, 0) is 11.3 Å². The molecule has 0 bridgehead atoms. The van der Waals surface area contributed by atoms with Crippen LogP contribution in [0.15, 0.2) is 18.2 Å². The van der Waals surface area contributed by atoms with E-state index in [-0.39, 0.29) is 24.7 Å². The maximum atomic E-state index is 11.9. The van der Waals surface area contributed by atoms with Crippen molar-refractivity contribution in [1.82, 2.24) is 5.32 Å². The molecule has 1 N–H and O–H groups in total. The molecule has 6 nitrogen and oxygen atoms in total. The van der Waals surface area contributed by atoms with E-state index in [1.165, 1.54) is 12.1 Å². The monoisotopic (exact) mass is 308 g/mol. The Morgan fingerprint density at radius 1 is 1.33 bits per heavy atom. The van der Waals surface area contributed by atoms with Crippen LogP contribution in [0, 0.1) is 10.1 Å². The number of rotatable bonds is 8. The number of ether oxygens (including phenoxy) is 2. The van der Waals surface area contributed by atoms with Gasteiger partial charge >= 0.3 is 11.9 Å². The molecule has 0 spiro atoms. The smallest absolute Gasteiger partial charge is 0.411 e. The van der Waals surface area contributed by atoms with E-state index < -0.39 is 17.7 Å². The van der Waals surface area contributed by atoms with E-state index >= 15 is 0 Å². The molecule has 0 radical (unpaired) electrons. The summed E-state index contributed by atoms with van der Waals surface area (Å²) in [4.78, 5) is 10.2. The summed E-state index contributed by atoms with van der Waals surface area (Å²) < 4.78 is 45.1. The molecule has 0 aromatic heterocycles. The highest BCUT2D eigenvalue weighted by Gasteiger charge is 2.27. The van der Waals surface area contributed by atoms with E-state index in [1.807, 2.05) is 0 Å². The van der Waals surface area contributed by atoms with Gasteiger partial charge in [-0.1, -0.05) is 6.07 Å². The number of nitrogens with zero attached hydrogens (tertiary/aromatic N) is 1. The molecule has 0 fully saturated rings. The average Bonchev–Trinajstić information content (AvgIpc) is 2.37. The first kappa shape index (κ1) is 17.2. The van der Waals surface area contributed by atoms with Crippen molar-refractivity contribution in [3.05, 3.63) is 33.9 Å². The highest BCUT2D eigenvalue weighted by molar-refractivity contribution is 5.48. The van der Waals surface area contributed by atoms with E-state index in [0.717, 1.165) is 5.56 Å². The number of alkyl halides is 3. The number of nitro benzene ring substituents is 1. The Bertz CT molecular complexity index is 480. The van der Waals surface area contributed by atoms with Gasteiger partial charge in [0.25, 0.3) is 0 Å². The molecule has 9 heteroatoms. The van der Waals surface area contributed by atoms with Crippen LogP contribution in [0.5, 0.6) is 5.75 Å². The molecule has 1 aromatic carbocycles. The summed E-state index contributed by atoms with van der Waals surface area (Å²) in [6.07, 6.45) is -4.40. The van der Waals surface area contributed by atoms with E-state index in [9.17, 15) is 23.3 Å². The third kappa shape index (κ3) is 6.41. The summed E-state index contributed by atoms with van der Waals surface area (Å²) in [5.41, 5.74) is 0.514. The van der Waals surface area contributed by atoms with Crippen LogP contribution in [-0.4, -0.2) is 38.0 Å². The molecule has 118 valence electrons. The second kappa shape index (κ2) is 7.79. The van der Waals surface area contributed by atoms with Gasteiger partial charge < -0.3 is 14.8 Å². The Kier molecular flexibility index (Phi) is 6.38. The highest BCUT2D eigenvalue weighted by atomic mass is 19.4. The fraction of sp³-hybridized carbons (Fsp3) is 0.500. The first-order chi connectivity index (χ1) is 9.83. The van der Waals surface area contributed by atoms with Gasteiger partial charge in [-0.25, -0.2) is 0 Å². The van der Waals surface area contributed by atoms with Gasteiger partial charge in [-0.15, -0.1) is 0 Å². The summed E-state index contributed by atoms with van der Waals surface area (Å²) in [6.45, 7) is -1.41. The van der Waals surface area contributed by atoms with Gasteiger partial charge in [0.2, 0.25) is 0 Å². The minimum atomic E-state index is -4.40. The predicted molar refractivity (Wildman–Crippen MR) is 68.2 cm³/mol. The standard InChI is InChI=1S/C12H15F3N2O4/c1-16-7-9-2-3-10(17(18)19)11(6-9)21-5-4-20-8-12(13,14)15/h2-3,6,16H,4-5,7-8H2,1H3. The van der Waals surface area contributed by atoms with Crippen molar-refractivity contribution in [3.63, 3.8) is 0 Å². The van der Waals surface area contributed by atoms with Crippen LogP contribution in [0.4, 0.5) is 18.9 Å². The van der Waals surface area contributed by atoms with Crippen molar-refractivity contribution >= 4 is 5.69 Å². The number of halogens is 3. The Morgan fingerprint density at radius 3 is 2.62 bits per heavy atom. The fourth-order valence-corrected chi connectivity index (χ4v) is 1.54. The zero-order valence-corrected chi connectivity index (χ0v) is 11.3. The summed E-state index contributed by atoms with van der Waals surface area (Å²) in [5, 5.41) is 13.7. The van der Waals surface area contributed by atoms with Crippen LogP contribution >= 0.6 is 0 Å². The normalized spacial score (nSPS) is 11.4. The molecule has 0 amide bonds. The molecule has 0 aliphatic rings. The molecule has 0 unspecified atom stereocenters. The van der Waals surface area contributed by atoms with Gasteiger partial charge in [-0.05, 0) is 18.7 Å². The molecule has 0 saturated heterocycles. The lowest BCUT2D eigenvalue weighted by Crippen LogP contribution is -2.19. The SMILES string of the molecule is CNCc1ccc([N+](=O)[O-])c(OCCOCC(F)(F)F)c1. The van der Waals surface area contributed by atoms with Crippen molar-refractivity contribution in [1.29, 1.82) is 0 Å². The van der Waals surface area contributed by atoms with Crippen molar-refractivity contribution in [3.8, 4) is 5.75 Å². The third-order valence-corrected chi connectivity index (χ3v) is 2.35. The molecule has 0 aliphatic carbocycles. The molecular formula is C12H15F3N2O4. The Morgan fingerprint density at radius 2 is 2.05 bits per heavy atom. The van der Waals surface area contributed by atoms with Crippen molar-refractivity contribution in [2.45, 2.75) is 12.7 Å². The summed E-state index contributed by atoms with van der Waals surface area (Å²) in [6, 6.07) is 4.33. The Labute approximate surface area is 119 Å². The van der Waals surface area contributed by atoms with Crippen LogP contribution in [0.3, 0.4) is 0 Å². The fourth-order valence-electron chi connectivity index (χ4n) is 1.54. The molecule has 0 saturated carbocycles. The first-order valence-corrected chi connectivity index (χ1v) is 6.02. The summed E-state index contributed by atoms with van der Waals surface area (Å²) >= 11 is 0. The summed E-state index contributed by atoms with van der Waals surface area (Å²) in [5.74, 6) is 0.00311. The first-order valence-electron chi connectivity index (χ1n) is 6.02. The van der Waals surface area contributed by atoms with E-state index in [2.05, 4.69) is 10.1 Å². The predicted octanol–water partition coefficient (Wildman–Crippen LogP) is 2.27. The maximum absolute atomic E-state index is 11.9.